The smallest absolute Gasteiger partial charge is 0.233 e. The van der Waals surface area contributed by atoms with E-state index in [2.05, 4.69) is 40.9 Å². The van der Waals surface area contributed by atoms with E-state index in [-0.39, 0.29) is 11.2 Å². The molecule has 30 heavy (non-hydrogen) atoms. The minimum Gasteiger partial charge on any atom is -0.497 e. The van der Waals surface area contributed by atoms with Crippen LogP contribution in [0.3, 0.4) is 0 Å². The largest absolute Gasteiger partial charge is 0.497 e. The molecule has 1 aromatic carbocycles. The Hall–Kier alpha value is -2.02. The molecule has 0 spiro atoms. The molecule has 164 valence electrons. The van der Waals surface area contributed by atoms with Crippen LogP contribution in [0.2, 0.25) is 0 Å². The van der Waals surface area contributed by atoms with E-state index >= 15 is 0 Å². The van der Waals surface area contributed by atoms with Crippen LogP contribution in [0.1, 0.15) is 59.4 Å². The summed E-state index contributed by atoms with van der Waals surface area (Å²) in [6.07, 6.45) is 4.81. The van der Waals surface area contributed by atoms with Gasteiger partial charge in [-0.25, -0.2) is 0 Å². The summed E-state index contributed by atoms with van der Waals surface area (Å²) in [7, 11) is 1.67. The number of hydrogen-bond donors (Lipinski definition) is 1. The van der Waals surface area contributed by atoms with E-state index in [9.17, 15) is 4.79 Å². The van der Waals surface area contributed by atoms with Crippen LogP contribution in [-0.4, -0.2) is 39.6 Å². The quantitative estimate of drug-likeness (QED) is 0.600. The highest BCUT2D eigenvalue weighted by molar-refractivity contribution is 8.00. The number of hydrogen-bond acceptors (Lipinski definition) is 5. The summed E-state index contributed by atoms with van der Waals surface area (Å²) >= 11 is 1.50. The molecule has 1 aliphatic carbocycles. The topological polar surface area (TPSA) is 69.0 Å². The fourth-order valence-corrected chi connectivity index (χ4v) is 4.86. The molecular formula is C23H34N4O2S. The lowest BCUT2D eigenvalue weighted by Gasteiger charge is -2.31. The molecule has 2 aromatic rings. The molecule has 1 fully saturated rings. The van der Waals surface area contributed by atoms with Crippen LogP contribution in [0.4, 0.5) is 0 Å². The zero-order chi connectivity index (χ0) is 21.7. The highest BCUT2D eigenvalue weighted by atomic mass is 32.2. The van der Waals surface area contributed by atoms with Gasteiger partial charge < -0.3 is 10.1 Å². The SMILES string of the molecule is COc1ccc(-c2nnc(S[C@@H](C)C(=O)NCC(C)C)n2[C@H]2CCCC[C@H]2C)cc1. The first-order chi connectivity index (χ1) is 14.4. The van der Waals surface area contributed by atoms with Gasteiger partial charge in [-0.3, -0.25) is 9.36 Å². The summed E-state index contributed by atoms with van der Waals surface area (Å²) in [6.45, 7) is 9.14. The second-order valence-electron chi connectivity index (χ2n) is 8.63. The van der Waals surface area contributed by atoms with E-state index in [0.29, 0.717) is 24.4 Å². The molecule has 0 aliphatic heterocycles. The van der Waals surface area contributed by atoms with E-state index in [4.69, 9.17) is 4.74 Å². The number of ether oxygens (including phenoxy) is 1. The van der Waals surface area contributed by atoms with Crippen LogP contribution >= 0.6 is 11.8 Å². The third kappa shape index (κ3) is 5.36. The maximum absolute atomic E-state index is 12.5. The van der Waals surface area contributed by atoms with Gasteiger partial charge in [-0.05, 0) is 55.9 Å². The van der Waals surface area contributed by atoms with Crippen LogP contribution in [0.5, 0.6) is 5.75 Å². The second-order valence-corrected chi connectivity index (χ2v) is 9.94. The highest BCUT2D eigenvalue weighted by Gasteiger charge is 2.30. The van der Waals surface area contributed by atoms with Crippen molar-refractivity contribution in [2.45, 2.75) is 69.8 Å². The number of nitrogens with zero attached hydrogens (tertiary/aromatic N) is 3. The van der Waals surface area contributed by atoms with E-state index in [0.717, 1.165) is 28.7 Å². The van der Waals surface area contributed by atoms with Gasteiger partial charge in [-0.1, -0.05) is 45.4 Å². The Bertz CT molecular complexity index is 834. The first-order valence-corrected chi connectivity index (χ1v) is 11.8. The Morgan fingerprint density at radius 1 is 1.20 bits per heavy atom. The monoisotopic (exact) mass is 430 g/mol. The predicted octanol–water partition coefficient (Wildman–Crippen LogP) is 4.96. The van der Waals surface area contributed by atoms with Gasteiger partial charge in [0, 0.05) is 18.2 Å². The lowest BCUT2D eigenvalue weighted by Crippen LogP contribution is -2.33. The normalized spacial score (nSPS) is 20.2. The summed E-state index contributed by atoms with van der Waals surface area (Å²) in [5.74, 6) is 2.72. The average Bonchev–Trinajstić information content (AvgIpc) is 3.15. The van der Waals surface area contributed by atoms with Crippen molar-refractivity contribution in [3.63, 3.8) is 0 Å². The molecule has 6 nitrogen and oxygen atoms in total. The lowest BCUT2D eigenvalue weighted by atomic mass is 9.85. The Morgan fingerprint density at radius 2 is 1.90 bits per heavy atom. The van der Waals surface area contributed by atoms with Crippen LogP contribution in [0, 0.1) is 11.8 Å². The van der Waals surface area contributed by atoms with Gasteiger partial charge in [0.15, 0.2) is 11.0 Å². The van der Waals surface area contributed by atoms with Gasteiger partial charge in [0.05, 0.1) is 12.4 Å². The Kier molecular flexibility index (Phi) is 7.81. The first-order valence-electron chi connectivity index (χ1n) is 10.9. The molecule has 0 radical (unpaired) electrons. The van der Waals surface area contributed by atoms with Gasteiger partial charge in [-0.2, -0.15) is 0 Å². The van der Waals surface area contributed by atoms with Crippen molar-refractivity contribution < 1.29 is 9.53 Å². The zero-order valence-electron chi connectivity index (χ0n) is 18.7. The van der Waals surface area contributed by atoms with Crippen molar-refractivity contribution in [1.29, 1.82) is 0 Å². The molecule has 0 unspecified atom stereocenters. The van der Waals surface area contributed by atoms with Crippen molar-refractivity contribution in [3.8, 4) is 17.1 Å². The number of aromatic nitrogens is 3. The van der Waals surface area contributed by atoms with E-state index in [1.54, 1.807) is 7.11 Å². The minimum atomic E-state index is -0.227. The van der Waals surface area contributed by atoms with Crippen LogP contribution < -0.4 is 10.1 Å². The van der Waals surface area contributed by atoms with Crippen molar-refractivity contribution in [2.75, 3.05) is 13.7 Å². The van der Waals surface area contributed by atoms with Crippen molar-refractivity contribution in [3.05, 3.63) is 24.3 Å². The van der Waals surface area contributed by atoms with Crippen molar-refractivity contribution >= 4 is 17.7 Å². The van der Waals surface area contributed by atoms with Gasteiger partial charge in [0.2, 0.25) is 5.91 Å². The van der Waals surface area contributed by atoms with Gasteiger partial charge in [-0.15, -0.1) is 10.2 Å². The van der Waals surface area contributed by atoms with Gasteiger partial charge in [0.1, 0.15) is 5.75 Å². The summed E-state index contributed by atoms with van der Waals surface area (Å²) in [5.41, 5.74) is 1.02. The fourth-order valence-electron chi connectivity index (χ4n) is 3.93. The van der Waals surface area contributed by atoms with Crippen LogP contribution in [-0.2, 0) is 4.79 Å². The Balaban J connectivity index is 1.90. The maximum Gasteiger partial charge on any atom is 0.233 e. The molecule has 1 saturated carbocycles. The Morgan fingerprint density at radius 3 is 2.53 bits per heavy atom. The molecule has 1 heterocycles. The number of carbonyl (C=O) groups excluding carboxylic acids is 1. The summed E-state index contributed by atoms with van der Waals surface area (Å²) in [5, 5.41) is 12.7. The first kappa shape index (κ1) is 22.7. The zero-order valence-corrected chi connectivity index (χ0v) is 19.5. The molecule has 0 saturated heterocycles. The summed E-state index contributed by atoms with van der Waals surface area (Å²) in [4.78, 5) is 12.5. The van der Waals surface area contributed by atoms with E-state index in [1.165, 1.54) is 31.0 Å². The third-order valence-electron chi connectivity index (χ3n) is 5.75. The number of thioether (sulfide) groups is 1. The van der Waals surface area contributed by atoms with E-state index < -0.39 is 0 Å². The number of rotatable bonds is 8. The molecule has 0 bridgehead atoms. The van der Waals surface area contributed by atoms with Gasteiger partial charge >= 0.3 is 0 Å². The van der Waals surface area contributed by atoms with Gasteiger partial charge in [0.25, 0.3) is 0 Å². The van der Waals surface area contributed by atoms with Crippen LogP contribution in [0.15, 0.2) is 29.4 Å². The number of benzene rings is 1. The predicted molar refractivity (Wildman–Crippen MR) is 122 cm³/mol. The number of nitrogens with one attached hydrogen (secondary N) is 1. The molecule has 3 rings (SSSR count). The molecule has 1 N–H and O–H groups in total. The summed E-state index contributed by atoms with van der Waals surface area (Å²) in [6, 6.07) is 8.31. The molecule has 7 heteroatoms. The fraction of sp³-hybridized carbons (Fsp3) is 0.609. The molecular weight excluding hydrogens is 396 g/mol. The summed E-state index contributed by atoms with van der Waals surface area (Å²) < 4.78 is 7.58. The number of carbonyl (C=O) groups is 1. The molecule has 1 amide bonds. The molecule has 1 aromatic heterocycles. The molecule has 1 aliphatic rings. The van der Waals surface area contributed by atoms with Crippen LogP contribution in [0.25, 0.3) is 11.4 Å². The third-order valence-corrected chi connectivity index (χ3v) is 6.80. The Labute approximate surface area is 184 Å². The van der Waals surface area contributed by atoms with Crippen molar-refractivity contribution in [1.82, 2.24) is 20.1 Å². The second kappa shape index (κ2) is 10.3. The minimum absolute atomic E-state index is 0.0472. The number of methoxy groups -OCH3 is 1. The average molecular weight is 431 g/mol. The number of amides is 1. The van der Waals surface area contributed by atoms with E-state index in [1.807, 2.05) is 31.2 Å². The highest BCUT2D eigenvalue weighted by Crippen LogP contribution is 2.39. The standard InChI is InChI=1S/C23H34N4O2S/c1-15(2)14-24-22(28)17(4)30-23-26-25-21(18-10-12-19(29-5)13-11-18)27(23)20-9-7-6-8-16(20)3/h10-13,15-17,20H,6-9,14H2,1-5H3,(H,24,28)/t16-,17+,20+/m1/s1. The molecule has 3 atom stereocenters. The van der Waals surface area contributed by atoms with Crippen molar-refractivity contribution in [2.24, 2.45) is 11.8 Å². The maximum atomic E-state index is 12.5. The lowest BCUT2D eigenvalue weighted by molar-refractivity contribution is -0.120.